The number of pyridine rings is 5. The summed E-state index contributed by atoms with van der Waals surface area (Å²) >= 11 is 0. The summed E-state index contributed by atoms with van der Waals surface area (Å²) in [5.74, 6) is 2.62. The van der Waals surface area contributed by atoms with Crippen molar-refractivity contribution in [3.05, 3.63) is 430 Å². The molecule has 15 aromatic carbocycles. The summed E-state index contributed by atoms with van der Waals surface area (Å²) < 4.78 is 13.1. The van der Waals surface area contributed by atoms with E-state index in [4.69, 9.17) is 24.9 Å². The van der Waals surface area contributed by atoms with Crippen LogP contribution in [0.3, 0.4) is 0 Å². The molecule has 0 radical (unpaired) electrons. The molecule has 14 nitrogen and oxygen atoms in total. The van der Waals surface area contributed by atoms with Gasteiger partial charge >= 0.3 is 63.2 Å². The molecule has 17 heteroatoms. The number of imidazole rings is 3. The maximum absolute atomic E-state index is 5.14. The van der Waals surface area contributed by atoms with Crippen LogP contribution in [0.1, 0.15) is 11.1 Å². The van der Waals surface area contributed by atoms with Gasteiger partial charge in [0.15, 0.2) is 0 Å². The van der Waals surface area contributed by atoms with E-state index in [1.165, 1.54) is 65.7 Å². The number of para-hydroxylation sites is 2. The van der Waals surface area contributed by atoms with Gasteiger partial charge in [-0.3, -0.25) is 15.0 Å². The van der Waals surface area contributed by atoms with E-state index in [2.05, 4.69) is 355 Å². The van der Waals surface area contributed by atoms with Crippen LogP contribution >= 0.6 is 0 Å². The van der Waals surface area contributed by atoms with Crippen molar-refractivity contribution in [1.82, 2.24) is 67.3 Å². The van der Waals surface area contributed by atoms with Gasteiger partial charge in [0, 0.05) is 57.6 Å². The maximum atomic E-state index is 5.14. The molecule has 135 heavy (non-hydrogen) atoms. The van der Waals surface area contributed by atoms with Crippen molar-refractivity contribution < 1.29 is 63.2 Å². The van der Waals surface area contributed by atoms with Crippen molar-refractivity contribution in [2.45, 2.75) is 6.42 Å². The monoisotopic (exact) mass is 2270 g/mol. The minimum Gasteiger partial charge on any atom is -0.367 e. The number of aryl methyl sites for hydroxylation is 3. The van der Waals surface area contributed by atoms with Gasteiger partial charge in [0.1, 0.15) is 11.3 Å². The number of benzene rings is 15. The first kappa shape index (κ1) is 85.0. The van der Waals surface area contributed by atoms with Crippen LogP contribution in [0.5, 0.6) is 0 Å². The van der Waals surface area contributed by atoms with Crippen molar-refractivity contribution in [2.75, 3.05) is 0 Å². The average Bonchev–Trinajstić information content (AvgIpc) is 1.55. The molecule has 27 rings (SSSR count). The SMILES string of the molecule is Cn1c(-c2[c-]c3c(cc2)c2c4c(ccc2n3-c2[c-]c(-c3ccccn3)ccc2)Cc2ccccc2-4)nc2ccccc21.Cn1c(-c2[c-]c3c(cc2)c2cccnc2n3-c2[c-]c(-c3ccccn3)ccc2)nc2cc(-c3ccc4ccccc4c3)ccc21.Cn1c(-c2[c-]c3c(cc2)c2cccnc2n3-c2[c-]c(-c3ccccn3)ccc2)nc2ccc(-c3ccc4ccccc4c3)cc21.[Pt+2].[Pt+2].[Pt+2]. The Kier molecular flexibility index (Phi) is 22.1. The van der Waals surface area contributed by atoms with Gasteiger partial charge in [0.05, 0.1) is 50.6 Å². The van der Waals surface area contributed by atoms with Crippen LogP contribution in [0.15, 0.2) is 383 Å². The molecular weight excluding hydrogens is 2200 g/mol. The van der Waals surface area contributed by atoms with Crippen LogP contribution < -0.4 is 0 Å². The third-order valence-electron chi connectivity index (χ3n) is 25.8. The zero-order valence-electron chi connectivity index (χ0n) is 72.8. The van der Waals surface area contributed by atoms with E-state index in [1.54, 1.807) is 12.4 Å². The Morgan fingerprint density at radius 2 is 0.667 bits per heavy atom. The van der Waals surface area contributed by atoms with E-state index < -0.39 is 0 Å². The molecule has 11 aromatic heterocycles. The Bertz CT molecular complexity index is 8950. The molecule has 0 amide bonds. The minimum absolute atomic E-state index is 0. The van der Waals surface area contributed by atoms with Crippen molar-refractivity contribution in [1.29, 1.82) is 0 Å². The third-order valence-corrected chi connectivity index (χ3v) is 25.8. The number of rotatable bonds is 11. The fourth-order valence-corrected chi connectivity index (χ4v) is 19.4. The van der Waals surface area contributed by atoms with Crippen LogP contribution in [-0.2, 0) is 90.8 Å². The summed E-state index contributed by atoms with van der Waals surface area (Å²) in [6.07, 6.45) is 10.1. The van der Waals surface area contributed by atoms with Crippen molar-refractivity contribution >= 4 is 120 Å². The van der Waals surface area contributed by atoms with E-state index in [0.717, 1.165) is 191 Å². The van der Waals surface area contributed by atoms with Gasteiger partial charge in [-0.25, -0.2) is 9.97 Å². The summed E-state index contributed by atoms with van der Waals surface area (Å²) in [6, 6.07) is 144. The molecule has 0 atom stereocenters. The molecular formula is C118H74N14Pt3. The second-order valence-corrected chi connectivity index (χ2v) is 33.5. The number of fused-ring (bicyclic) bond motifs is 18. The largest absolute Gasteiger partial charge is 2.00 e. The Hall–Kier alpha value is -15.6. The first-order chi connectivity index (χ1) is 65.2. The number of hydrogen-bond acceptors (Lipinski definition) is 8. The Morgan fingerprint density at radius 3 is 1.20 bits per heavy atom. The molecule has 1 aliphatic carbocycles. The zero-order chi connectivity index (χ0) is 87.6. The van der Waals surface area contributed by atoms with E-state index in [9.17, 15) is 0 Å². The van der Waals surface area contributed by atoms with Crippen molar-refractivity contribution in [3.63, 3.8) is 0 Å². The standard InChI is InChI=1S/2C40H25N5.C38H24N4.3Pt/c1-44-37-19-17-29(28-15-14-26-8-2-3-9-27(26)22-28)24-36(37)43-39(44)31-16-18-33-34-12-7-21-42-40(34)45(38(33)25-31)32-11-6-10-30(23-32)35-13-4-5-20-41-35;1-44-38-24-29(28-15-14-26-8-2-3-9-27(26)22-28)17-19-36(38)43-39(44)31-16-18-33-34-12-7-21-42-40(34)45(37(33)25-31)32-11-6-10-30(23-32)35-13-4-5-20-41-35;1-41-33-15-5-4-14-32(33)40-38(41)27-16-18-30-35(23-27)42(28-11-8-10-25(22-28)31-13-6-7-20-39-31)34-19-17-26-21-24-9-2-3-12-29(24)36(26)37(30)34;;;/h2*2-22,24H,1H3;2-20H,21H2,1H3;;;/q3*-2;3*+2. The van der Waals surface area contributed by atoms with Crippen LogP contribution in [0.2, 0.25) is 0 Å². The normalized spacial score (nSPS) is 11.6. The van der Waals surface area contributed by atoms with Crippen LogP contribution in [-0.4, -0.2) is 67.3 Å². The maximum Gasteiger partial charge on any atom is 2.00 e. The molecule has 0 unspecified atom stereocenters. The Labute approximate surface area is 820 Å². The van der Waals surface area contributed by atoms with E-state index in [1.807, 2.05) is 116 Å². The van der Waals surface area contributed by atoms with Gasteiger partial charge in [0.25, 0.3) is 0 Å². The summed E-state index contributed by atoms with van der Waals surface area (Å²) in [5, 5.41) is 11.7. The second-order valence-electron chi connectivity index (χ2n) is 33.5. The summed E-state index contributed by atoms with van der Waals surface area (Å²) in [4.78, 5) is 38.5. The van der Waals surface area contributed by atoms with Crippen LogP contribution in [0.25, 0.3) is 239 Å². The van der Waals surface area contributed by atoms with Gasteiger partial charge in [0.2, 0.25) is 0 Å². The van der Waals surface area contributed by atoms with Gasteiger partial charge in [-0.15, -0.1) is 161 Å². The molecule has 0 fully saturated rings. The zero-order valence-corrected chi connectivity index (χ0v) is 79.6. The van der Waals surface area contributed by atoms with Crippen LogP contribution in [0.4, 0.5) is 0 Å². The topological polar surface area (TPSA) is 133 Å². The third kappa shape index (κ3) is 14.9. The molecule has 0 spiro atoms. The van der Waals surface area contributed by atoms with E-state index in [0.29, 0.717) is 0 Å². The smallest absolute Gasteiger partial charge is 0.367 e. The van der Waals surface area contributed by atoms with Gasteiger partial charge in [-0.05, 0) is 224 Å². The first-order valence-electron chi connectivity index (χ1n) is 44.1. The van der Waals surface area contributed by atoms with E-state index >= 15 is 0 Å². The minimum atomic E-state index is 0. The second kappa shape index (κ2) is 35.2. The quantitative estimate of drug-likeness (QED) is 0.117. The molecule has 0 saturated heterocycles. The van der Waals surface area contributed by atoms with Crippen LogP contribution in [0, 0.1) is 36.4 Å². The van der Waals surface area contributed by atoms with Crippen molar-refractivity contribution in [2.24, 2.45) is 21.1 Å². The van der Waals surface area contributed by atoms with E-state index in [-0.39, 0.29) is 63.2 Å². The molecule has 0 bridgehead atoms. The number of hydrogen-bond donors (Lipinski definition) is 0. The predicted octanol–water partition coefficient (Wildman–Crippen LogP) is 27.0. The molecule has 0 aliphatic heterocycles. The van der Waals surface area contributed by atoms with Gasteiger partial charge in [-0.1, -0.05) is 192 Å². The number of aromatic nitrogens is 14. The fourth-order valence-electron chi connectivity index (χ4n) is 19.4. The van der Waals surface area contributed by atoms with Gasteiger partial charge < -0.3 is 42.4 Å². The Morgan fingerprint density at radius 1 is 0.252 bits per heavy atom. The average molecular weight is 2270 g/mol. The molecule has 26 aromatic rings. The molecule has 0 saturated carbocycles. The predicted molar refractivity (Wildman–Crippen MR) is 534 cm³/mol. The van der Waals surface area contributed by atoms with Gasteiger partial charge in [-0.2, -0.15) is 0 Å². The summed E-state index contributed by atoms with van der Waals surface area (Å²) in [5.41, 5.74) is 32.9. The fraction of sp³-hybridized carbons (Fsp3) is 0.0339. The molecule has 0 N–H and O–H groups in total. The summed E-state index contributed by atoms with van der Waals surface area (Å²) in [7, 11) is 6.22. The van der Waals surface area contributed by atoms with Crippen molar-refractivity contribution in [3.8, 4) is 118 Å². The Balaban J connectivity index is 0.000000116. The number of nitrogens with zero attached hydrogens (tertiary/aromatic N) is 14. The molecule has 646 valence electrons. The first-order valence-corrected chi connectivity index (χ1v) is 44.1. The summed E-state index contributed by atoms with van der Waals surface area (Å²) in [6.45, 7) is 0. The molecule has 11 heterocycles. The molecule has 1 aliphatic rings.